The molecular formula is C10H20O4. The van der Waals surface area contributed by atoms with Crippen LogP contribution in [0.1, 0.15) is 34.1 Å². The van der Waals surface area contributed by atoms with Gasteiger partial charge in [0.1, 0.15) is 5.60 Å². The minimum absolute atomic E-state index is 0.226. The van der Waals surface area contributed by atoms with Crippen molar-refractivity contribution in [1.29, 1.82) is 0 Å². The molecule has 0 spiro atoms. The molecule has 4 nitrogen and oxygen atoms in total. The number of hydrogen-bond donors (Lipinski definition) is 1. The lowest BCUT2D eigenvalue weighted by Gasteiger charge is -2.19. The highest BCUT2D eigenvalue weighted by Gasteiger charge is 2.15. The van der Waals surface area contributed by atoms with Crippen molar-refractivity contribution in [2.24, 2.45) is 0 Å². The quantitative estimate of drug-likeness (QED) is 0.538. The van der Waals surface area contributed by atoms with Crippen LogP contribution in [0.15, 0.2) is 0 Å². The van der Waals surface area contributed by atoms with E-state index in [0.29, 0.717) is 6.61 Å². The fraction of sp³-hybridized carbons (Fsp3) is 0.900. The molecule has 0 aliphatic rings. The van der Waals surface area contributed by atoms with Gasteiger partial charge in [0.25, 0.3) is 0 Å². The zero-order valence-corrected chi connectivity index (χ0v) is 9.37. The molecule has 0 bridgehead atoms. The monoisotopic (exact) mass is 204 g/mol. The average Bonchev–Trinajstić information content (AvgIpc) is 1.94. The molecule has 4 heteroatoms. The fourth-order valence-corrected chi connectivity index (χ4v) is 0.802. The van der Waals surface area contributed by atoms with Crippen molar-refractivity contribution in [1.82, 2.24) is 0 Å². The lowest BCUT2D eigenvalue weighted by Crippen LogP contribution is -2.24. The number of rotatable bonds is 5. The van der Waals surface area contributed by atoms with E-state index < -0.39 is 11.7 Å². The second-order valence-corrected chi connectivity index (χ2v) is 4.26. The summed E-state index contributed by atoms with van der Waals surface area (Å²) in [6, 6.07) is 0. The number of aliphatic hydroxyl groups excluding tert-OH is 1. The van der Waals surface area contributed by atoms with Gasteiger partial charge in [-0.2, -0.15) is 0 Å². The number of ether oxygens (including phenoxy) is 2. The Labute approximate surface area is 85.2 Å². The fourth-order valence-electron chi connectivity index (χ4n) is 0.802. The van der Waals surface area contributed by atoms with Crippen LogP contribution in [0.3, 0.4) is 0 Å². The molecule has 0 rings (SSSR count). The van der Waals surface area contributed by atoms with Crippen LogP contribution in [0.2, 0.25) is 0 Å². The summed E-state index contributed by atoms with van der Waals surface area (Å²) in [5.74, 6) is -0.275. The van der Waals surface area contributed by atoms with Gasteiger partial charge in [0.05, 0.1) is 25.7 Å². The van der Waals surface area contributed by atoms with Gasteiger partial charge in [-0.05, 0) is 27.7 Å². The maximum Gasteiger partial charge on any atom is 0.308 e. The van der Waals surface area contributed by atoms with Gasteiger partial charge in [0.15, 0.2) is 0 Å². The summed E-state index contributed by atoms with van der Waals surface area (Å²) < 4.78 is 10.1. The number of hydrogen-bond acceptors (Lipinski definition) is 4. The second kappa shape index (κ2) is 5.98. The molecular weight excluding hydrogens is 184 g/mol. The van der Waals surface area contributed by atoms with Crippen LogP contribution in [0, 0.1) is 0 Å². The van der Waals surface area contributed by atoms with Crippen molar-refractivity contribution in [3.8, 4) is 0 Å². The molecule has 0 radical (unpaired) electrons. The van der Waals surface area contributed by atoms with Crippen LogP contribution in [-0.4, -0.2) is 36.0 Å². The molecule has 0 heterocycles. The lowest BCUT2D eigenvalue weighted by molar-refractivity contribution is -0.156. The summed E-state index contributed by atoms with van der Waals surface area (Å²) in [4.78, 5) is 11.1. The molecule has 0 aliphatic heterocycles. The van der Waals surface area contributed by atoms with E-state index >= 15 is 0 Å². The molecule has 0 fully saturated rings. The van der Waals surface area contributed by atoms with Crippen molar-refractivity contribution in [3.05, 3.63) is 0 Å². The molecule has 84 valence electrons. The standard InChI is InChI=1S/C10H20O4/c1-8(11)7-13-6-5-9(12)14-10(2,3)4/h8,11H,5-7H2,1-4H3. The third kappa shape index (κ3) is 9.48. The molecule has 14 heavy (non-hydrogen) atoms. The van der Waals surface area contributed by atoms with Gasteiger partial charge in [0, 0.05) is 0 Å². The number of esters is 1. The predicted molar refractivity (Wildman–Crippen MR) is 53.0 cm³/mol. The summed E-state index contributed by atoms with van der Waals surface area (Å²) in [6.07, 6.45) is -0.266. The van der Waals surface area contributed by atoms with Gasteiger partial charge in [-0.25, -0.2) is 0 Å². The van der Waals surface area contributed by atoms with Crippen molar-refractivity contribution in [2.45, 2.75) is 45.8 Å². The summed E-state index contributed by atoms with van der Waals surface area (Å²) in [5, 5.41) is 8.86. The highest BCUT2D eigenvalue weighted by molar-refractivity contribution is 5.69. The topological polar surface area (TPSA) is 55.8 Å². The summed E-state index contributed by atoms with van der Waals surface area (Å²) >= 11 is 0. The second-order valence-electron chi connectivity index (χ2n) is 4.26. The van der Waals surface area contributed by atoms with Crippen molar-refractivity contribution >= 4 is 5.97 Å². The van der Waals surface area contributed by atoms with Gasteiger partial charge >= 0.3 is 5.97 Å². The Bertz CT molecular complexity index is 169. The largest absolute Gasteiger partial charge is 0.460 e. The molecule has 0 saturated heterocycles. The maximum absolute atomic E-state index is 11.1. The van der Waals surface area contributed by atoms with Crippen LogP contribution in [-0.2, 0) is 14.3 Å². The molecule has 1 unspecified atom stereocenters. The van der Waals surface area contributed by atoms with Crippen molar-refractivity contribution < 1.29 is 19.4 Å². The first kappa shape index (κ1) is 13.4. The maximum atomic E-state index is 11.1. The van der Waals surface area contributed by atoms with Crippen LogP contribution in [0.5, 0.6) is 0 Å². The predicted octanol–water partition coefficient (Wildman–Crippen LogP) is 1.12. The zero-order valence-electron chi connectivity index (χ0n) is 9.37. The van der Waals surface area contributed by atoms with Gasteiger partial charge < -0.3 is 14.6 Å². The smallest absolute Gasteiger partial charge is 0.308 e. The first-order valence-electron chi connectivity index (χ1n) is 4.79. The Morgan fingerprint density at radius 3 is 2.43 bits per heavy atom. The minimum Gasteiger partial charge on any atom is -0.460 e. The summed E-state index contributed by atoms with van der Waals surface area (Å²) in [7, 11) is 0. The third-order valence-corrected chi connectivity index (χ3v) is 1.23. The van der Waals surface area contributed by atoms with Gasteiger partial charge in [-0.15, -0.1) is 0 Å². The van der Waals surface area contributed by atoms with Crippen LogP contribution in [0.4, 0.5) is 0 Å². The van der Waals surface area contributed by atoms with Crippen LogP contribution < -0.4 is 0 Å². The Balaban J connectivity index is 3.46. The van der Waals surface area contributed by atoms with Crippen LogP contribution in [0.25, 0.3) is 0 Å². The number of aliphatic hydroxyl groups is 1. The lowest BCUT2D eigenvalue weighted by atomic mass is 10.2. The minimum atomic E-state index is -0.492. The van der Waals surface area contributed by atoms with E-state index in [0.717, 1.165) is 0 Å². The molecule has 1 atom stereocenters. The van der Waals surface area contributed by atoms with Crippen molar-refractivity contribution in [2.75, 3.05) is 13.2 Å². The SMILES string of the molecule is CC(O)COCCC(=O)OC(C)(C)C. The Morgan fingerprint density at radius 2 is 2.00 bits per heavy atom. The van der Waals surface area contributed by atoms with E-state index in [1.54, 1.807) is 6.92 Å². The molecule has 0 aliphatic carbocycles. The Hall–Kier alpha value is -0.610. The Morgan fingerprint density at radius 1 is 1.43 bits per heavy atom. The highest BCUT2D eigenvalue weighted by Crippen LogP contribution is 2.07. The number of carbonyl (C=O) groups is 1. The molecule has 1 N–H and O–H groups in total. The number of carbonyl (C=O) groups excluding carboxylic acids is 1. The van der Waals surface area contributed by atoms with Gasteiger partial charge in [-0.3, -0.25) is 4.79 Å². The van der Waals surface area contributed by atoms with E-state index in [1.807, 2.05) is 20.8 Å². The highest BCUT2D eigenvalue weighted by atomic mass is 16.6. The summed E-state index contributed by atoms with van der Waals surface area (Å²) in [5.41, 5.74) is -0.443. The summed E-state index contributed by atoms with van der Waals surface area (Å²) in [6.45, 7) is 7.64. The molecule has 0 amide bonds. The first-order chi connectivity index (χ1) is 6.31. The van der Waals surface area contributed by atoms with E-state index in [9.17, 15) is 4.79 Å². The van der Waals surface area contributed by atoms with Gasteiger partial charge in [0.2, 0.25) is 0 Å². The average molecular weight is 204 g/mol. The molecule has 0 aromatic carbocycles. The normalized spacial score (nSPS) is 13.8. The Kier molecular flexibility index (Phi) is 5.72. The van der Waals surface area contributed by atoms with E-state index in [1.165, 1.54) is 0 Å². The van der Waals surface area contributed by atoms with E-state index in [4.69, 9.17) is 14.6 Å². The van der Waals surface area contributed by atoms with Crippen molar-refractivity contribution in [3.63, 3.8) is 0 Å². The van der Waals surface area contributed by atoms with Crippen LogP contribution >= 0.6 is 0 Å². The molecule has 0 saturated carbocycles. The molecule has 0 aromatic heterocycles. The van der Waals surface area contributed by atoms with Gasteiger partial charge in [-0.1, -0.05) is 0 Å². The van der Waals surface area contributed by atoms with E-state index in [2.05, 4.69) is 0 Å². The van der Waals surface area contributed by atoms with E-state index in [-0.39, 0.29) is 19.0 Å². The zero-order chi connectivity index (χ0) is 11.2. The third-order valence-electron chi connectivity index (χ3n) is 1.23. The molecule has 0 aromatic rings. The first-order valence-corrected chi connectivity index (χ1v) is 4.79.